The van der Waals surface area contributed by atoms with Crippen molar-refractivity contribution in [2.24, 2.45) is 5.92 Å². The van der Waals surface area contributed by atoms with Crippen LogP contribution in [0.1, 0.15) is 12.8 Å². The van der Waals surface area contributed by atoms with Crippen molar-refractivity contribution < 1.29 is 0 Å². The van der Waals surface area contributed by atoms with Gasteiger partial charge >= 0.3 is 0 Å². The van der Waals surface area contributed by atoms with E-state index in [1.165, 1.54) is 30.3 Å². The van der Waals surface area contributed by atoms with Crippen molar-refractivity contribution in [3.8, 4) is 0 Å². The minimum atomic E-state index is 0.954. The van der Waals surface area contributed by atoms with Crippen LogP contribution in [-0.2, 0) is 6.54 Å². The number of aromatic nitrogens is 1. The first-order valence-electron chi connectivity index (χ1n) is 4.97. The molecule has 0 spiro atoms. The van der Waals surface area contributed by atoms with Crippen LogP contribution in [0, 0.1) is 5.92 Å². The Bertz CT molecular complexity index is 423. The Morgan fingerprint density at radius 2 is 2.00 bits per heavy atom. The van der Waals surface area contributed by atoms with Crippen molar-refractivity contribution in [3.05, 3.63) is 36.5 Å². The van der Waals surface area contributed by atoms with Crippen molar-refractivity contribution in [2.45, 2.75) is 19.4 Å². The van der Waals surface area contributed by atoms with Gasteiger partial charge in [-0.2, -0.15) is 0 Å². The zero-order chi connectivity index (χ0) is 8.67. The Labute approximate surface area is 78.0 Å². The molecule has 66 valence electrons. The van der Waals surface area contributed by atoms with E-state index in [1.54, 1.807) is 0 Å². The molecule has 0 saturated heterocycles. The van der Waals surface area contributed by atoms with Crippen LogP contribution in [-0.4, -0.2) is 4.57 Å². The molecular weight excluding hydrogens is 158 g/mol. The third-order valence-corrected chi connectivity index (χ3v) is 2.83. The summed E-state index contributed by atoms with van der Waals surface area (Å²) in [6.07, 6.45) is 5.06. The standard InChI is InChI=1S/C12H13N/c1-2-4-12-11(3-1)7-8-13(12)9-10-5-6-10/h1-4,7-8,10H,5-6,9H2. The molecule has 3 rings (SSSR count). The number of rotatable bonds is 2. The summed E-state index contributed by atoms with van der Waals surface area (Å²) in [5.41, 5.74) is 1.38. The number of para-hydroxylation sites is 1. The van der Waals surface area contributed by atoms with E-state index >= 15 is 0 Å². The average Bonchev–Trinajstić information content (AvgIpc) is 2.88. The number of nitrogens with zero attached hydrogens (tertiary/aromatic N) is 1. The summed E-state index contributed by atoms with van der Waals surface area (Å²) < 4.78 is 2.38. The Morgan fingerprint density at radius 1 is 1.15 bits per heavy atom. The number of fused-ring (bicyclic) bond motifs is 1. The van der Waals surface area contributed by atoms with Crippen LogP contribution >= 0.6 is 0 Å². The van der Waals surface area contributed by atoms with Gasteiger partial charge in [-0.05, 0) is 36.3 Å². The molecule has 1 fully saturated rings. The Hall–Kier alpha value is -1.24. The fraction of sp³-hybridized carbons (Fsp3) is 0.333. The van der Waals surface area contributed by atoms with E-state index in [0.717, 1.165) is 5.92 Å². The maximum atomic E-state index is 2.38. The average molecular weight is 171 g/mol. The SMILES string of the molecule is c1ccc2c(c1)ccn2CC1CC1. The maximum Gasteiger partial charge on any atom is 0.0480 e. The highest BCUT2D eigenvalue weighted by atomic mass is 15.0. The second-order valence-electron chi connectivity index (χ2n) is 3.97. The maximum absolute atomic E-state index is 2.38. The Morgan fingerprint density at radius 3 is 2.85 bits per heavy atom. The highest BCUT2D eigenvalue weighted by Crippen LogP contribution is 2.31. The fourth-order valence-corrected chi connectivity index (χ4v) is 1.88. The lowest BCUT2D eigenvalue weighted by Crippen LogP contribution is -1.96. The van der Waals surface area contributed by atoms with Gasteiger partial charge in [0.15, 0.2) is 0 Å². The molecule has 0 aliphatic heterocycles. The molecule has 0 N–H and O–H groups in total. The predicted molar refractivity (Wildman–Crippen MR) is 54.7 cm³/mol. The van der Waals surface area contributed by atoms with Crippen molar-refractivity contribution in [1.82, 2.24) is 4.57 Å². The summed E-state index contributed by atoms with van der Waals surface area (Å²) in [6.45, 7) is 1.22. The molecule has 1 heterocycles. The van der Waals surface area contributed by atoms with Crippen LogP contribution in [0.25, 0.3) is 10.9 Å². The summed E-state index contributed by atoms with van der Waals surface area (Å²) in [7, 11) is 0. The lowest BCUT2D eigenvalue weighted by Gasteiger charge is -2.02. The molecular formula is C12H13N. The van der Waals surface area contributed by atoms with Gasteiger partial charge in [-0.3, -0.25) is 0 Å². The van der Waals surface area contributed by atoms with Crippen molar-refractivity contribution >= 4 is 10.9 Å². The molecule has 0 atom stereocenters. The van der Waals surface area contributed by atoms with Gasteiger partial charge in [-0.25, -0.2) is 0 Å². The third-order valence-electron chi connectivity index (χ3n) is 2.83. The van der Waals surface area contributed by atoms with Crippen LogP contribution < -0.4 is 0 Å². The van der Waals surface area contributed by atoms with Crippen LogP contribution in [0.3, 0.4) is 0 Å². The quantitative estimate of drug-likeness (QED) is 0.654. The van der Waals surface area contributed by atoms with E-state index in [-0.39, 0.29) is 0 Å². The normalized spacial score (nSPS) is 16.6. The topological polar surface area (TPSA) is 4.93 Å². The minimum absolute atomic E-state index is 0.954. The highest BCUT2D eigenvalue weighted by Gasteiger charge is 2.21. The summed E-state index contributed by atoms with van der Waals surface area (Å²) in [5, 5.41) is 1.36. The molecule has 2 aromatic rings. The van der Waals surface area contributed by atoms with E-state index in [9.17, 15) is 0 Å². The highest BCUT2D eigenvalue weighted by molar-refractivity contribution is 5.79. The summed E-state index contributed by atoms with van der Waals surface area (Å²) >= 11 is 0. The van der Waals surface area contributed by atoms with E-state index in [0.29, 0.717) is 0 Å². The molecule has 1 aliphatic rings. The number of hydrogen-bond donors (Lipinski definition) is 0. The Balaban J connectivity index is 2.06. The molecule has 13 heavy (non-hydrogen) atoms. The Kier molecular flexibility index (Phi) is 1.45. The summed E-state index contributed by atoms with van der Waals surface area (Å²) in [6, 6.07) is 10.8. The predicted octanol–water partition coefficient (Wildman–Crippen LogP) is 3.05. The molecule has 0 bridgehead atoms. The molecule has 1 heteroatoms. The van der Waals surface area contributed by atoms with E-state index in [1.807, 2.05) is 0 Å². The monoisotopic (exact) mass is 171 g/mol. The zero-order valence-electron chi connectivity index (χ0n) is 7.61. The largest absolute Gasteiger partial charge is 0.347 e. The molecule has 1 saturated carbocycles. The van der Waals surface area contributed by atoms with Crippen molar-refractivity contribution in [2.75, 3.05) is 0 Å². The zero-order valence-corrected chi connectivity index (χ0v) is 7.61. The summed E-state index contributed by atoms with van der Waals surface area (Å²) in [5.74, 6) is 0.954. The molecule has 1 aromatic heterocycles. The van der Waals surface area contributed by atoms with Crippen LogP contribution in [0.5, 0.6) is 0 Å². The van der Waals surface area contributed by atoms with Gasteiger partial charge in [0.05, 0.1) is 0 Å². The van der Waals surface area contributed by atoms with Crippen LogP contribution in [0.2, 0.25) is 0 Å². The van der Waals surface area contributed by atoms with Gasteiger partial charge in [-0.15, -0.1) is 0 Å². The van der Waals surface area contributed by atoms with Crippen molar-refractivity contribution in [1.29, 1.82) is 0 Å². The van der Waals surface area contributed by atoms with E-state index in [2.05, 4.69) is 41.1 Å². The third kappa shape index (κ3) is 1.24. The molecule has 0 unspecified atom stereocenters. The summed E-state index contributed by atoms with van der Waals surface area (Å²) in [4.78, 5) is 0. The van der Waals surface area contributed by atoms with Gasteiger partial charge in [0.2, 0.25) is 0 Å². The van der Waals surface area contributed by atoms with Crippen LogP contribution in [0.15, 0.2) is 36.5 Å². The molecule has 1 aromatic carbocycles. The van der Waals surface area contributed by atoms with E-state index < -0.39 is 0 Å². The number of benzene rings is 1. The molecule has 1 nitrogen and oxygen atoms in total. The first kappa shape index (κ1) is 7.19. The fourth-order valence-electron chi connectivity index (χ4n) is 1.88. The lowest BCUT2D eigenvalue weighted by molar-refractivity contribution is 0.647. The van der Waals surface area contributed by atoms with Gasteiger partial charge in [0, 0.05) is 18.3 Å². The number of hydrogen-bond acceptors (Lipinski definition) is 0. The smallest absolute Gasteiger partial charge is 0.0480 e. The van der Waals surface area contributed by atoms with Crippen LogP contribution in [0.4, 0.5) is 0 Å². The van der Waals surface area contributed by atoms with Gasteiger partial charge in [-0.1, -0.05) is 18.2 Å². The molecule has 1 aliphatic carbocycles. The van der Waals surface area contributed by atoms with E-state index in [4.69, 9.17) is 0 Å². The second-order valence-corrected chi connectivity index (χ2v) is 3.97. The van der Waals surface area contributed by atoms with Crippen molar-refractivity contribution in [3.63, 3.8) is 0 Å². The first-order valence-corrected chi connectivity index (χ1v) is 4.97. The minimum Gasteiger partial charge on any atom is -0.347 e. The van der Waals surface area contributed by atoms with Gasteiger partial charge < -0.3 is 4.57 Å². The van der Waals surface area contributed by atoms with Gasteiger partial charge in [0.1, 0.15) is 0 Å². The molecule has 0 amide bonds. The first-order chi connectivity index (χ1) is 6.43. The van der Waals surface area contributed by atoms with Gasteiger partial charge in [0.25, 0.3) is 0 Å². The lowest BCUT2D eigenvalue weighted by atomic mass is 10.2. The second kappa shape index (κ2) is 2.63. The molecule has 0 radical (unpaired) electrons.